The molecule has 0 bridgehead atoms. The van der Waals surface area contributed by atoms with Gasteiger partial charge in [0, 0.05) is 19.2 Å². The Morgan fingerprint density at radius 2 is 1.94 bits per heavy atom. The van der Waals surface area contributed by atoms with Gasteiger partial charge < -0.3 is 5.32 Å². The second-order valence-electron chi connectivity index (χ2n) is 3.11. The molecule has 0 aliphatic heterocycles. The highest BCUT2D eigenvalue weighted by Gasteiger charge is 2.12. The Morgan fingerprint density at radius 3 is 2.35 bits per heavy atom. The van der Waals surface area contributed by atoms with E-state index < -0.39 is 20.7 Å². The van der Waals surface area contributed by atoms with Crippen molar-refractivity contribution >= 4 is 27.3 Å². The zero-order chi connectivity index (χ0) is 13.1. The van der Waals surface area contributed by atoms with Gasteiger partial charge in [0.25, 0.3) is 5.69 Å². The number of nitro benzene ring substituents is 1. The summed E-state index contributed by atoms with van der Waals surface area (Å²) in [6.07, 6.45) is 0. The number of hydrogen-bond donors (Lipinski definition) is 2. The molecule has 92 valence electrons. The number of urea groups is 1. The van der Waals surface area contributed by atoms with Crippen molar-refractivity contribution in [3.05, 3.63) is 34.4 Å². The Labute approximate surface area is 98.1 Å². The molecule has 1 aromatic carbocycles. The molecular weight excluding hydrogens is 246 g/mol. The fourth-order valence-corrected chi connectivity index (χ4v) is 2.14. The molecule has 1 unspecified atom stereocenters. The number of nitro groups is 1. The van der Waals surface area contributed by atoms with Crippen molar-refractivity contribution < 1.29 is 13.9 Å². The van der Waals surface area contributed by atoms with Crippen LogP contribution in [0.5, 0.6) is 0 Å². The number of non-ortho nitro benzene ring substituents is 1. The molecule has 0 saturated carbocycles. The molecule has 1 rings (SSSR count). The molecule has 7 nitrogen and oxygen atoms in total. The molecule has 0 aliphatic carbocycles. The summed E-state index contributed by atoms with van der Waals surface area (Å²) in [5.41, 5.74) is -0.121. The third-order valence-corrected chi connectivity index (χ3v) is 3.46. The zero-order valence-electron chi connectivity index (χ0n) is 9.00. The van der Waals surface area contributed by atoms with Crippen LogP contribution in [0, 0.1) is 10.1 Å². The third kappa shape index (κ3) is 3.18. The predicted molar refractivity (Wildman–Crippen MR) is 64.2 cm³/mol. The predicted octanol–water partition coefficient (Wildman–Crippen LogP) is 0.514. The van der Waals surface area contributed by atoms with Gasteiger partial charge in [-0.2, -0.15) is 0 Å². The van der Waals surface area contributed by atoms with Gasteiger partial charge in [-0.1, -0.05) is 0 Å². The van der Waals surface area contributed by atoms with E-state index in [1.165, 1.54) is 31.3 Å². The summed E-state index contributed by atoms with van der Waals surface area (Å²) in [4.78, 5) is 21.1. The van der Waals surface area contributed by atoms with Crippen LogP contribution >= 0.6 is 0 Å². The van der Waals surface area contributed by atoms with Crippen LogP contribution < -0.4 is 10.0 Å². The van der Waals surface area contributed by atoms with E-state index >= 15 is 0 Å². The van der Waals surface area contributed by atoms with Crippen LogP contribution in [0.1, 0.15) is 0 Å². The molecule has 17 heavy (non-hydrogen) atoms. The fourth-order valence-electron chi connectivity index (χ4n) is 1.05. The summed E-state index contributed by atoms with van der Waals surface area (Å²) in [5.74, 6) is 3.39. The van der Waals surface area contributed by atoms with Crippen LogP contribution in [0.15, 0.2) is 29.2 Å². The standard InChI is InChI=1S/C9H11N3O4S/c1-10-9(13)11-17(2,16)8-5-3-7(4-6-8)12(14)15/h3-6H,2H2,1H3,(H2,10,11,13,16). The molecular formula is C9H11N3O4S. The molecule has 0 aromatic heterocycles. The third-order valence-electron chi connectivity index (χ3n) is 1.91. The van der Waals surface area contributed by atoms with E-state index in [1.807, 2.05) is 0 Å². The molecule has 0 radical (unpaired) electrons. The number of carbonyl (C=O) groups excluding carboxylic acids is 1. The maximum Gasteiger partial charge on any atom is 0.326 e. The van der Waals surface area contributed by atoms with Gasteiger partial charge in [0.2, 0.25) is 0 Å². The van der Waals surface area contributed by atoms with E-state index in [1.54, 1.807) is 0 Å². The zero-order valence-corrected chi connectivity index (χ0v) is 9.82. The number of amides is 2. The minimum Gasteiger partial charge on any atom is -0.340 e. The largest absolute Gasteiger partial charge is 0.340 e. The summed E-state index contributed by atoms with van der Waals surface area (Å²) < 4.78 is 14.2. The van der Waals surface area contributed by atoms with Gasteiger partial charge in [-0.25, -0.2) is 9.00 Å². The van der Waals surface area contributed by atoms with Crippen molar-refractivity contribution in [1.29, 1.82) is 0 Å². The fraction of sp³-hybridized carbons (Fsp3) is 0.111. The molecule has 1 aromatic rings. The lowest BCUT2D eigenvalue weighted by molar-refractivity contribution is -0.384. The van der Waals surface area contributed by atoms with Crippen molar-refractivity contribution in [1.82, 2.24) is 10.0 Å². The Morgan fingerprint density at radius 1 is 1.41 bits per heavy atom. The molecule has 2 amide bonds. The topological polar surface area (TPSA) is 101 Å². The number of hydrogen-bond acceptors (Lipinski definition) is 4. The van der Waals surface area contributed by atoms with Gasteiger partial charge >= 0.3 is 6.03 Å². The van der Waals surface area contributed by atoms with Crippen LogP contribution in [0.2, 0.25) is 0 Å². The van der Waals surface area contributed by atoms with E-state index in [-0.39, 0.29) is 10.6 Å². The van der Waals surface area contributed by atoms with Gasteiger partial charge in [0.1, 0.15) is 0 Å². The number of rotatable bonds is 3. The lowest BCUT2D eigenvalue weighted by Gasteiger charge is -2.10. The van der Waals surface area contributed by atoms with Crippen molar-refractivity contribution in [2.24, 2.45) is 0 Å². The molecule has 1 atom stereocenters. The van der Waals surface area contributed by atoms with Gasteiger partial charge in [0.05, 0.1) is 19.5 Å². The first-order valence-electron chi connectivity index (χ1n) is 4.48. The summed E-state index contributed by atoms with van der Waals surface area (Å²) in [5, 5.41) is 12.7. The number of benzene rings is 1. The molecule has 0 saturated heterocycles. The van der Waals surface area contributed by atoms with Crippen molar-refractivity contribution in [2.45, 2.75) is 4.90 Å². The molecule has 0 fully saturated rings. The second kappa shape index (κ2) is 4.83. The van der Waals surface area contributed by atoms with Crippen molar-refractivity contribution in [3.8, 4) is 0 Å². The minimum absolute atomic E-state index is 0.121. The van der Waals surface area contributed by atoms with E-state index in [2.05, 4.69) is 15.9 Å². The molecule has 0 aliphatic rings. The lowest BCUT2D eigenvalue weighted by Crippen LogP contribution is -2.37. The Kier molecular flexibility index (Phi) is 3.69. The van der Waals surface area contributed by atoms with E-state index in [0.717, 1.165) is 0 Å². The molecule has 0 spiro atoms. The first-order chi connectivity index (χ1) is 7.86. The number of carbonyl (C=O) groups is 1. The van der Waals surface area contributed by atoms with Gasteiger partial charge in [-0.05, 0) is 18.0 Å². The Hall–Kier alpha value is -2.09. The van der Waals surface area contributed by atoms with Crippen molar-refractivity contribution in [3.63, 3.8) is 0 Å². The molecule has 2 N–H and O–H groups in total. The van der Waals surface area contributed by atoms with Gasteiger partial charge in [-0.15, -0.1) is 0 Å². The number of nitrogens with zero attached hydrogens (tertiary/aromatic N) is 1. The van der Waals surface area contributed by atoms with Gasteiger partial charge in [-0.3, -0.25) is 14.8 Å². The highest BCUT2D eigenvalue weighted by atomic mass is 32.2. The second-order valence-corrected chi connectivity index (χ2v) is 5.13. The maximum absolute atomic E-state index is 12.0. The quantitative estimate of drug-likeness (QED) is 0.468. The minimum atomic E-state index is -3.00. The van der Waals surface area contributed by atoms with Crippen LogP contribution in [0.25, 0.3) is 0 Å². The van der Waals surface area contributed by atoms with E-state index in [0.29, 0.717) is 0 Å². The Bertz CT molecular complexity index is 536. The van der Waals surface area contributed by atoms with E-state index in [4.69, 9.17) is 0 Å². The van der Waals surface area contributed by atoms with Crippen LogP contribution in [0.3, 0.4) is 0 Å². The average Bonchev–Trinajstić information content (AvgIpc) is 2.28. The first kappa shape index (κ1) is 13.0. The lowest BCUT2D eigenvalue weighted by atomic mass is 10.3. The summed E-state index contributed by atoms with van der Waals surface area (Å²) in [6.45, 7) is 0. The normalized spacial score (nSPS) is 13.5. The number of nitrogens with one attached hydrogen (secondary N) is 2. The summed E-state index contributed by atoms with van der Waals surface area (Å²) >= 11 is 0. The maximum atomic E-state index is 12.0. The SMILES string of the molecule is C=S(=O)(NC(=O)NC)c1ccc([N+](=O)[O-])cc1. The van der Waals surface area contributed by atoms with Crippen molar-refractivity contribution in [2.75, 3.05) is 7.05 Å². The highest BCUT2D eigenvalue weighted by molar-refractivity contribution is 7.99. The Balaban J connectivity index is 3.00. The molecule has 0 heterocycles. The van der Waals surface area contributed by atoms with E-state index in [9.17, 15) is 19.1 Å². The summed E-state index contributed by atoms with van der Waals surface area (Å²) in [6, 6.07) is 4.35. The highest BCUT2D eigenvalue weighted by Crippen LogP contribution is 2.15. The van der Waals surface area contributed by atoms with Crippen LogP contribution in [0.4, 0.5) is 10.5 Å². The first-order valence-corrected chi connectivity index (χ1v) is 6.21. The van der Waals surface area contributed by atoms with Crippen LogP contribution in [-0.4, -0.2) is 28.1 Å². The van der Waals surface area contributed by atoms with Crippen LogP contribution in [-0.2, 0) is 9.71 Å². The molecule has 8 heteroatoms. The monoisotopic (exact) mass is 257 g/mol. The smallest absolute Gasteiger partial charge is 0.326 e. The average molecular weight is 257 g/mol. The summed E-state index contributed by atoms with van der Waals surface area (Å²) in [7, 11) is -1.62. The van der Waals surface area contributed by atoms with Gasteiger partial charge in [0.15, 0.2) is 0 Å².